The molecule has 2 aromatic carbocycles. The lowest BCUT2D eigenvalue weighted by Crippen LogP contribution is -2.32. The highest BCUT2D eigenvalue weighted by Crippen LogP contribution is 2.44. The minimum atomic E-state index is -0.936. The molecule has 0 aliphatic heterocycles. The minimum absolute atomic E-state index is 0.199. The topological polar surface area (TPSA) is 96.0 Å². The molecule has 0 saturated heterocycles. The summed E-state index contributed by atoms with van der Waals surface area (Å²) in [7, 11) is 0. The molecule has 3 N–H and O–H groups in total. The Morgan fingerprint density at radius 1 is 1.17 bits per heavy atom. The number of nitrogens with one attached hydrogen (secondary N) is 1. The van der Waals surface area contributed by atoms with Gasteiger partial charge in [0.2, 0.25) is 5.91 Å². The van der Waals surface area contributed by atoms with E-state index in [1.165, 1.54) is 12.1 Å². The number of hydrogen-bond acceptors (Lipinski definition) is 3. The number of carbonyl (C=O) groups is 2. The quantitative estimate of drug-likeness (QED) is 0.739. The van der Waals surface area contributed by atoms with Crippen molar-refractivity contribution in [3.8, 4) is 6.07 Å². The lowest BCUT2D eigenvalue weighted by molar-refractivity contribution is -0.114. The Kier molecular flexibility index (Phi) is 6.43. The van der Waals surface area contributed by atoms with Gasteiger partial charge in [0.15, 0.2) is 0 Å². The maximum atomic E-state index is 13.5. The van der Waals surface area contributed by atoms with Crippen LogP contribution in [-0.4, -0.2) is 18.4 Å². The summed E-state index contributed by atoms with van der Waals surface area (Å²) in [6, 6.07) is 17.2. The molecule has 1 aliphatic rings. The van der Waals surface area contributed by atoms with Gasteiger partial charge in [-0.1, -0.05) is 48.6 Å². The monoisotopic (exact) mass is 403 g/mol. The summed E-state index contributed by atoms with van der Waals surface area (Å²) in [6.45, 7) is 0.333. The molecule has 2 unspecified atom stereocenters. The third-order valence-corrected chi connectivity index (χ3v) is 5.36. The molecule has 2 aromatic rings. The van der Waals surface area contributed by atoms with E-state index in [0.717, 1.165) is 5.56 Å². The molecule has 5 nitrogen and oxygen atoms in total. The van der Waals surface area contributed by atoms with Crippen LogP contribution in [-0.2, 0) is 4.79 Å². The molecule has 0 spiro atoms. The summed E-state index contributed by atoms with van der Waals surface area (Å²) in [6.07, 6.45) is 5.67. The summed E-state index contributed by atoms with van der Waals surface area (Å²) in [5, 5.41) is 12.9. The second-order valence-corrected chi connectivity index (χ2v) is 7.23. The van der Waals surface area contributed by atoms with E-state index in [1.807, 2.05) is 6.07 Å². The summed E-state index contributed by atoms with van der Waals surface area (Å²) >= 11 is 0. The fourth-order valence-corrected chi connectivity index (χ4v) is 3.69. The normalized spacial score (nSPS) is 18.7. The highest BCUT2D eigenvalue weighted by Gasteiger charge is 2.38. The third kappa shape index (κ3) is 4.64. The molecule has 0 aromatic heterocycles. The van der Waals surface area contributed by atoms with Crippen molar-refractivity contribution >= 4 is 11.8 Å². The first-order valence-corrected chi connectivity index (χ1v) is 9.64. The zero-order valence-corrected chi connectivity index (χ0v) is 16.3. The van der Waals surface area contributed by atoms with Crippen LogP contribution in [0.2, 0.25) is 0 Å². The van der Waals surface area contributed by atoms with Crippen LogP contribution in [0.5, 0.6) is 0 Å². The molecule has 0 heterocycles. The summed E-state index contributed by atoms with van der Waals surface area (Å²) < 4.78 is 13.5. The average molecular weight is 403 g/mol. The lowest BCUT2D eigenvalue weighted by atomic mass is 9.67. The molecular weight excluding hydrogens is 381 g/mol. The van der Waals surface area contributed by atoms with Gasteiger partial charge in [-0.2, -0.15) is 5.26 Å². The van der Waals surface area contributed by atoms with Crippen molar-refractivity contribution in [3.05, 3.63) is 95.3 Å². The van der Waals surface area contributed by atoms with Crippen LogP contribution in [0, 0.1) is 22.6 Å². The first-order chi connectivity index (χ1) is 14.4. The van der Waals surface area contributed by atoms with Gasteiger partial charge in [0, 0.05) is 23.6 Å². The largest absolute Gasteiger partial charge is 0.366 e. The molecule has 6 heteroatoms. The van der Waals surface area contributed by atoms with Gasteiger partial charge in [-0.15, -0.1) is 0 Å². The Morgan fingerprint density at radius 2 is 1.87 bits per heavy atom. The minimum Gasteiger partial charge on any atom is -0.366 e. The smallest absolute Gasteiger partial charge is 0.251 e. The molecule has 0 radical (unpaired) electrons. The van der Waals surface area contributed by atoms with Crippen molar-refractivity contribution in [1.29, 1.82) is 5.26 Å². The molecule has 0 fully saturated rings. The molecule has 30 heavy (non-hydrogen) atoms. The number of nitriles is 1. The second kappa shape index (κ2) is 9.19. The van der Waals surface area contributed by atoms with Crippen LogP contribution in [0.15, 0.2) is 78.4 Å². The van der Waals surface area contributed by atoms with Gasteiger partial charge in [0.1, 0.15) is 5.82 Å². The molecular formula is C24H22FN3O2. The first-order valence-electron chi connectivity index (χ1n) is 9.64. The Hall–Kier alpha value is -3.72. The standard InChI is InChI=1S/C24H22FN3O2/c25-20-8-6-17(7-9-20)21(12-15-28-23(30)19-4-2-1-3-5-19)24(16-26)13-10-18(11-14-24)22(27)29/h1-11,13,21H,12,14-15H2,(H2,27,29)(H,28,30). The van der Waals surface area contributed by atoms with Crippen LogP contribution >= 0.6 is 0 Å². The number of amides is 2. The molecule has 2 atom stereocenters. The van der Waals surface area contributed by atoms with Crippen LogP contribution in [0.3, 0.4) is 0 Å². The third-order valence-electron chi connectivity index (χ3n) is 5.36. The van der Waals surface area contributed by atoms with Crippen molar-refractivity contribution < 1.29 is 14.0 Å². The van der Waals surface area contributed by atoms with Gasteiger partial charge in [0.05, 0.1) is 11.5 Å². The van der Waals surface area contributed by atoms with Crippen molar-refractivity contribution in [2.24, 2.45) is 11.1 Å². The van der Waals surface area contributed by atoms with E-state index in [1.54, 1.807) is 54.6 Å². The van der Waals surface area contributed by atoms with Crippen LogP contribution in [0.1, 0.15) is 34.7 Å². The maximum Gasteiger partial charge on any atom is 0.251 e. The summed E-state index contributed by atoms with van der Waals surface area (Å²) in [4.78, 5) is 23.8. The predicted molar refractivity (Wildman–Crippen MR) is 112 cm³/mol. The van der Waals surface area contributed by atoms with Gasteiger partial charge in [-0.25, -0.2) is 4.39 Å². The maximum absolute atomic E-state index is 13.5. The van der Waals surface area contributed by atoms with Gasteiger partial charge < -0.3 is 11.1 Å². The molecule has 0 bridgehead atoms. The van der Waals surface area contributed by atoms with Crippen molar-refractivity contribution in [2.45, 2.75) is 18.8 Å². The lowest BCUT2D eigenvalue weighted by Gasteiger charge is -2.34. The molecule has 2 amide bonds. The predicted octanol–water partition coefficient (Wildman–Crippen LogP) is 3.61. The Labute approximate surface area is 174 Å². The number of benzene rings is 2. The van der Waals surface area contributed by atoms with Crippen LogP contribution in [0.4, 0.5) is 4.39 Å². The van der Waals surface area contributed by atoms with Crippen molar-refractivity contribution in [3.63, 3.8) is 0 Å². The number of hydrogen-bond donors (Lipinski definition) is 2. The van der Waals surface area contributed by atoms with Crippen LogP contribution < -0.4 is 11.1 Å². The van der Waals surface area contributed by atoms with Gasteiger partial charge in [-0.3, -0.25) is 9.59 Å². The zero-order chi connectivity index (χ0) is 21.6. The van der Waals surface area contributed by atoms with Gasteiger partial charge >= 0.3 is 0 Å². The fraction of sp³-hybridized carbons (Fsp3) is 0.208. The summed E-state index contributed by atoms with van der Waals surface area (Å²) in [5.41, 5.74) is 6.10. The van der Waals surface area contributed by atoms with E-state index in [4.69, 9.17) is 5.73 Å². The average Bonchev–Trinajstić information content (AvgIpc) is 2.78. The van der Waals surface area contributed by atoms with E-state index in [0.29, 0.717) is 30.5 Å². The first kappa shape index (κ1) is 21.0. The number of rotatable bonds is 7. The SMILES string of the molecule is N#CC1(C(CCNC(=O)c2ccccc2)c2ccc(F)cc2)C=CC(C(N)=O)=CC1. The molecule has 0 saturated carbocycles. The number of nitrogens with two attached hydrogens (primary N) is 1. The highest BCUT2D eigenvalue weighted by molar-refractivity contribution is 5.95. The molecule has 152 valence electrons. The number of primary amides is 1. The molecule has 1 aliphatic carbocycles. The number of nitrogens with zero attached hydrogens (tertiary/aromatic N) is 1. The Morgan fingerprint density at radius 3 is 2.43 bits per heavy atom. The van der Waals surface area contributed by atoms with Gasteiger partial charge in [-0.05, 0) is 42.7 Å². The second-order valence-electron chi connectivity index (χ2n) is 7.23. The molecule has 3 rings (SSSR count). The Bertz CT molecular complexity index is 1020. The summed E-state index contributed by atoms with van der Waals surface area (Å²) in [5.74, 6) is -1.43. The van der Waals surface area contributed by atoms with Crippen molar-refractivity contribution in [2.75, 3.05) is 6.54 Å². The number of halogens is 1. The number of carbonyl (C=O) groups excluding carboxylic acids is 2. The van der Waals surface area contributed by atoms with E-state index in [2.05, 4.69) is 11.4 Å². The van der Waals surface area contributed by atoms with Crippen molar-refractivity contribution in [1.82, 2.24) is 5.32 Å². The van der Waals surface area contributed by atoms with E-state index < -0.39 is 11.3 Å². The Balaban J connectivity index is 1.81. The van der Waals surface area contributed by atoms with Gasteiger partial charge in [0.25, 0.3) is 5.91 Å². The highest BCUT2D eigenvalue weighted by atomic mass is 19.1. The fourth-order valence-electron chi connectivity index (χ4n) is 3.69. The van der Waals surface area contributed by atoms with E-state index in [9.17, 15) is 19.2 Å². The number of allylic oxidation sites excluding steroid dienone is 2. The van der Waals surface area contributed by atoms with Crippen LogP contribution in [0.25, 0.3) is 0 Å². The van der Waals surface area contributed by atoms with E-state index >= 15 is 0 Å². The van der Waals surface area contributed by atoms with E-state index in [-0.39, 0.29) is 17.6 Å². The zero-order valence-electron chi connectivity index (χ0n) is 16.3.